The van der Waals surface area contributed by atoms with Crippen molar-refractivity contribution in [3.05, 3.63) is 22.0 Å². The molecule has 0 saturated carbocycles. The second kappa shape index (κ2) is 2.50. The molecule has 0 atom stereocenters. The van der Waals surface area contributed by atoms with E-state index in [1.54, 1.807) is 5.10 Å². The van der Waals surface area contributed by atoms with Crippen LogP contribution < -0.4 is 11.3 Å². The maximum absolute atomic E-state index is 12.0. The fourth-order valence-corrected chi connectivity index (χ4v) is 0.640. The van der Waals surface area contributed by atoms with Crippen molar-refractivity contribution in [2.24, 2.45) is 0 Å². The lowest BCUT2D eigenvalue weighted by Crippen LogP contribution is -2.17. The van der Waals surface area contributed by atoms with E-state index in [0.29, 0.717) is 6.07 Å². The summed E-state index contributed by atoms with van der Waals surface area (Å²) in [6.45, 7) is 0. The number of aromatic nitrogens is 2. The van der Waals surface area contributed by atoms with E-state index < -0.39 is 23.1 Å². The first-order valence-corrected chi connectivity index (χ1v) is 2.83. The molecular formula is C5H4F3N3O. The van der Waals surface area contributed by atoms with E-state index in [0.717, 1.165) is 0 Å². The van der Waals surface area contributed by atoms with Gasteiger partial charge in [-0.1, -0.05) is 0 Å². The maximum atomic E-state index is 12.0. The maximum Gasteiger partial charge on any atom is 0.420 e. The lowest BCUT2D eigenvalue weighted by atomic mass is 10.3. The van der Waals surface area contributed by atoms with Crippen molar-refractivity contribution in [3.8, 4) is 0 Å². The Hall–Kier alpha value is -1.53. The van der Waals surface area contributed by atoms with Crippen molar-refractivity contribution < 1.29 is 13.2 Å². The average molecular weight is 179 g/mol. The van der Waals surface area contributed by atoms with E-state index in [1.807, 2.05) is 0 Å². The first kappa shape index (κ1) is 8.57. The smallest absolute Gasteiger partial charge is 0.382 e. The van der Waals surface area contributed by atoms with Gasteiger partial charge in [-0.2, -0.15) is 18.3 Å². The predicted octanol–water partition coefficient (Wildman–Crippen LogP) is 0.371. The van der Waals surface area contributed by atoms with Crippen molar-refractivity contribution in [1.29, 1.82) is 0 Å². The van der Waals surface area contributed by atoms with Crippen LogP contribution >= 0.6 is 0 Å². The highest BCUT2D eigenvalue weighted by molar-refractivity contribution is 5.38. The Kier molecular flexibility index (Phi) is 1.79. The third-order valence-corrected chi connectivity index (χ3v) is 1.14. The van der Waals surface area contributed by atoms with Crippen molar-refractivity contribution in [2.75, 3.05) is 5.73 Å². The molecule has 0 aliphatic heterocycles. The zero-order valence-electron chi connectivity index (χ0n) is 5.64. The molecule has 0 bridgehead atoms. The van der Waals surface area contributed by atoms with Gasteiger partial charge in [0.25, 0.3) is 5.56 Å². The summed E-state index contributed by atoms with van der Waals surface area (Å²) in [7, 11) is 0. The fraction of sp³-hybridized carbons (Fsp3) is 0.200. The molecule has 66 valence electrons. The summed E-state index contributed by atoms with van der Waals surface area (Å²) in [5, 5.41) is 4.75. The second-order valence-corrected chi connectivity index (χ2v) is 2.03. The topological polar surface area (TPSA) is 71.8 Å². The zero-order chi connectivity index (χ0) is 9.35. The van der Waals surface area contributed by atoms with Crippen molar-refractivity contribution in [1.82, 2.24) is 10.2 Å². The first-order valence-electron chi connectivity index (χ1n) is 2.83. The number of anilines is 1. The molecule has 0 unspecified atom stereocenters. The largest absolute Gasteiger partial charge is 0.420 e. The van der Waals surface area contributed by atoms with Crippen molar-refractivity contribution >= 4 is 5.82 Å². The summed E-state index contributed by atoms with van der Waals surface area (Å²) in [5.41, 5.74) is 2.72. The van der Waals surface area contributed by atoms with Gasteiger partial charge in [0, 0.05) is 6.07 Å². The highest BCUT2D eigenvalue weighted by Crippen LogP contribution is 2.30. The number of H-pyrrole nitrogens is 1. The number of rotatable bonds is 0. The molecule has 0 aliphatic rings. The Bertz CT molecular complexity index is 343. The zero-order valence-corrected chi connectivity index (χ0v) is 5.64. The molecule has 1 aromatic heterocycles. The van der Waals surface area contributed by atoms with Crippen molar-refractivity contribution in [3.63, 3.8) is 0 Å². The fourth-order valence-electron chi connectivity index (χ4n) is 0.640. The van der Waals surface area contributed by atoms with E-state index >= 15 is 0 Å². The van der Waals surface area contributed by atoms with E-state index in [-0.39, 0.29) is 0 Å². The van der Waals surface area contributed by atoms with E-state index in [9.17, 15) is 18.0 Å². The SMILES string of the molecule is Nc1n[nH]c(=O)cc1C(F)(F)F. The van der Waals surface area contributed by atoms with Crippen LogP contribution in [0.5, 0.6) is 0 Å². The quantitative estimate of drug-likeness (QED) is 0.604. The van der Waals surface area contributed by atoms with Gasteiger partial charge in [0.1, 0.15) is 5.56 Å². The second-order valence-electron chi connectivity index (χ2n) is 2.03. The molecule has 0 radical (unpaired) electrons. The Morgan fingerprint density at radius 2 is 2.08 bits per heavy atom. The standard InChI is InChI=1S/C5H4F3N3O/c6-5(7,8)2-1-3(12)10-11-4(2)9/h1H,(H2,9,11)(H,10,12). The number of hydrogen-bond acceptors (Lipinski definition) is 3. The summed E-state index contributed by atoms with van der Waals surface area (Å²) >= 11 is 0. The minimum Gasteiger partial charge on any atom is -0.382 e. The molecule has 1 heterocycles. The van der Waals surface area contributed by atoms with Crippen LogP contribution in [0.3, 0.4) is 0 Å². The molecule has 12 heavy (non-hydrogen) atoms. The van der Waals surface area contributed by atoms with E-state index in [1.165, 1.54) is 0 Å². The normalized spacial score (nSPS) is 11.6. The minimum absolute atomic E-state index is 0.363. The van der Waals surface area contributed by atoms with Gasteiger partial charge in [0.05, 0.1) is 0 Å². The van der Waals surface area contributed by atoms with Gasteiger partial charge in [-0.3, -0.25) is 4.79 Å². The van der Waals surface area contributed by atoms with Crippen molar-refractivity contribution in [2.45, 2.75) is 6.18 Å². The van der Waals surface area contributed by atoms with Gasteiger partial charge < -0.3 is 5.73 Å². The first-order chi connectivity index (χ1) is 5.41. The van der Waals surface area contributed by atoms with Gasteiger partial charge in [0.15, 0.2) is 5.82 Å². The highest BCUT2D eigenvalue weighted by atomic mass is 19.4. The highest BCUT2D eigenvalue weighted by Gasteiger charge is 2.34. The number of nitrogens with one attached hydrogen (secondary N) is 1. The lowest BCUT2D eigenvalue weighted by Gasteiger charge is -2.06. The number of alkyl halides is 3. The molecule has 0 spiro atoms. The number of hydrogen-bond donors (Lipinski definition) is 2. The number of nitrogens with zero attached hydrogens (tertiary/aromatic N) is 1. The molecule has 0 saturated heterocycles. The predicted molar refractivity (Wildman–Crippen MR) is 34.3 cm³/mol. The number of nitrogen functional groups attached to an aromatic ring is 1. The third-order valence-electron chi connectivity index (χ3n) is 1.14. The molecule has 0 aliphatic carbocycles. The van der Waals surface area contributed by atoms with Crippen LogP contribution in [0.2, 0.25) is 0 Å². The number of aromatic amines is 1. The van der Waals surface area contributed by atoms with Gasteiger partial charge in [-0.15, -0.1) is 0 Å². The molecule has 1 aromatic rings. The molecule has 7 heteroatoms. The van der Waals surface area contributed by atoms with E-state index in [2.05, 4.69) is 5.10 Å². The van der Waals surface area contributed by atoms with Crippen LogP contribution in [-0.2, 0) is 6.18 Å². The Labute approximate surface area is 64.2 Å². The third kappa shape index (κ3) is 1.55. The average Bonchev–Trinajstić information content (AvgIpc) is 1.92. The van der Waals surface area contributed by atoms with Crippen LogP contribution in [0.25, 0.3) is 0 Å². The van der Waals surface area contributed by atoms with Crippen LogP contribution in [0.4, 0.5) is 19.0 Å². The summed E-state index contributed by atoms with van der Waals surface area (Å²) in [4.78, 5) is 10.4. The van der Waals surface area contributed by atoms with Crippen LogP contribution in [0.1, 0.15) is 5.56 Å². The van der Waals surface area contributed by atoms with Gasteiger partial charge in [0.2, 0.25) is 0 Å². The molecule has 0 fully saturated rings. The molecule has 3 N–H and O–H groups in total. The Morgan fingerprint density at radius 1 is 1.50 bits per heavy atom. The van der Waals surface area contributed by atoms with Crippen LogP contribution in [0.15, 0.2) is 10.9 Å². The molecule has 1 rings (SSSR count). The van der Waals surface area contributed by atoms with Gasteiger partial charge >= 0.3 is 6.18 Å². The summed E-state index contributed by atoms with van der Waals surface area (Å²) in [6.07, 6.45) is -4.63. The molecule has 4 nitrogen and oxygen atoms in total. The van der Waals surface area contributed by atoms with E-state index in [4.69, 9.17) is 5.73 Å². The summed E-state index contributed by atoms with van der Waals surface area (Å²) in [5.74, 6) is -0.734. The molecule has 0 aromatic carbocycles. The number of nitrogens with two attached hydrogens (primary N) is 1. The summed E-state index contributed by atoms with van der Waals surface area (Å²) in [6, 6.07) is 0.363. The monoisotopic (exact) mass is 179 g/mol. The van der Waals surface area contributed by atoms with Gasteiger partial charge in [-0.25, -0.2) is 5.10 Å². The van der Waals surface area contributed by atoms with Crippen LogP contribution in [-0.4, -0.2) is 10.2 Å². The lowest BCUT2D eigenvalue weighted by molar-refractivity contribution is -0.137. The molecule has 0 amide bonds. The Morgan fingerprint density at radius 3 is 2.50 bits per heavy atom. The molecular weight excluding hydrogens is 175 g/mol. The minimum atomic E-state index is -4.63. The number of halogens is 3. The Balaban J connectivity index is 3.33. The van der Waals surface area contributed by atoms with Crippen LogP contribution in [0, 0.1) is 0 Å². The summed E-state index contributed by atoms with van der Waals surface area (Å²) < 4.78 is 35.9. The van der Waals surface area contributed by atoms with Gasteiger partial charge in [-0.05, 0) is 0 Å².